The van der Waals surface area contributed by atoms with Crippen LogP contribution in [0.2, 0.25) is 0 Å². The SMILES string of the molecule is O=C(CCC(=O)Nc1cccc([N+](=O)[O-])c1)NCCCN1CCOCC1. The third kappa shape index (κ3) is 7.16. The fourth-order valence-corrected chi connectivity index (χ4v) is 2.59. The number of carbonyl (C=O) groups excluding carboxylic acids is 2. The van der Waals surface area contributed by atoms with Crippen molar-refractivity contribution in [3.63, 3.8) is 0 Å². The first-order valence-electron chi connectivity index (χ1n) is 8.66. The summed E-state index contributed by atoms with van der Waals surface area (Å²) in [5.74, 6) is -0.532. The fraction of sp³-hybridized carbons (Fsp3) is 0.529. The van der Waals surface area contributed by atoms with Gasteiger partial charge in [-0.25, -0.2) is 0 Å². The van der Waals surface area contributed by atoms with Gasteiger partial charge in [-0.3, -0.25) is 24.6 Å². The van der Waals surface area contributed by atoms with Crippen LogP contribution < -0.4 is 10.6 Å². The number of anilines is 1. The molecule has 0 unspecified atom stereocenters. The maximum Gasteiger partial charge on any atom is 0.271 e. The Balaban J connectivity index is 1.60. The van der Waals surface area contributed by atoms with E-state index in [2.05, 4.69) is 15.5 Å². The molecular weight excluding hydrogens is 340 g/mol. The van der Waals surface area contributed by atoms with Gasteiger partial charge in [0.25, 0.3) is 5.69 Å². The van der Waals surface area contributed by atoms with Gasteiger partial charge in [0.2, 0.25) is 11.8 Å². The summed E-state index contributed by atoms with van der Waals surface area (Å²) in [7, 11) is 0. The lowest BCUT2D eigenvalue weighted by molar-refractivity contribution is -0.384. The number of non-ortho nitro benzene ring substituents is 1. The number of rotatable bonds is 9. The molecular formula is C17H24N4O5. The number of hydrogen-bond acceptors (Lipinski definition) is 6. The van der Waals surface area contributed by atoms with Gasteiger partial charge in [-0.2, -0.15) is 0 Å². The number of amides is 2. The minimum Gasteiger partial charge on any atom is -0.379 e. The van der Waals surface area contributed by atoms with Crippen molar-refractivity contribution in [2.45, 2.75) is 19.3 Å². The van der Waals surface area contributed by atoms with E-state index in [9.17, 15) is 19.7 Å². The minimum atomic E-state index is -0.528. The molecule has 1 aromatic rings. The first kappa shape index (κ1) is 19.8. The van der Waals surface area contributed by atoms with E-state index in [4.69, 9.17) is 4.74 Å². The van der Waals surface area contributed by atoms with Crippen LogP contribution in [0.1, 0.15) is 19.3 Å². The van der Waals surface area contributed by atoms with E-state index in [0.29, 0.717) is 12.2 Å². The van der Waals surface area contributed by atoms with Crippen molar-refractivity contribution in [2.75, 3.05) is 44.7 Å². The second kappa shape index (κ2) is 10.5. The summed E-state index contributed by atoms with van der Waals surface area (Å²) in [6.45, 7) is 4.84. The molecule has 2 N–H and O–H groups in total. The minimum absolute atomic E-state index is 0.0258. The Morgan fingerprint density at radius 1 is 1.19 bits per heavy atom. The highest BCUT2D eigenvalue weighted by Crippen LogP contribution is 2.17. The monoisotopic (exact) mass is 364 g/mol. The van der Waals surface area contributed by atoms with Crippen LogP contribution in [0, 0.1) is 10.1 Å². The zero-order valence-corrected chi connectivity index (χ0v) is 14.6. The number of hydrogen-bond donors (Lipinski definition) is 2. The molecule has 142 valence electrons. The summed E-state index contributed by atoms with van der Waals surface area (Å²) >= 11 is 0. The molecule has 0 aliphatic carbocycles. The van der Waals surface area contributed by atoms with Gasteiger partial charge in [0.05, 0.1) is 18.1 Å². The third-order valence-corrected chi connectivity index (χ3v) is 4.00. The Labute approximate surface area is 151 Å². The molecule has 9 nitrogen and oxygen atoms in total. The van der Waals surface area contributed by atoms with Crippen molar-refractivity contribution in [3.05, 3.63) is 34.4 Å². The largest absolute Gasteiger partial charge is 0.379 e. The van der Waals surface area contributed by atoms with E-state index in [1.165, 1.54) is 18.2 Å². The van der Waals surface area contributed by atoms with Gasteiger partial charge >= 0.3 is 0 Å². The van der Waals surface area contributed by atoms with Crippen LogP contribution in [0.5, 0.6) is 0 Å². The van der Waals surface area contributed by atoms with Crippen LogP contribution >= 0.6 is 0 Å². The Morgan fingerprint density at radius 2 is 1.92 bits per heavy atom. The second-order valence-electron chi connectivity index (χ2n) is 6.01. The average Bonchev–Trinajstić information content (AvgIpc) is 2.64. The number of ether oxygens (including phenoxy) is 1. The molecule has 1 heterocycles. The van der Waals surface area contributed by atoms with Crippen molar-refractivity contribution in [1.82, 2.24) is 10.2 Å². The van der Waals surface area contributed by atoms with E-state index in [1.807, 2.05) is 0 Å². The van der Waals surface area contributed by atoms with E-state index >= 15 is 0 Å². The molecule has 0 bridgehead atoms. The lowest BCUT2D eigenvalue weighted by atomic mass is 10.2. The molecule has 1 aliphatic heterocycles. The molecule has 0 aromatic heterocycles. The Bertz CT molecular complexity index is 631. The average molecular weight is 364 g/mol. The number of morpholine rings is 1. The number of nitrogens with zero attached hydrogens (tertiary/aromatic N) is 2. The number of nitro groups is 1. The van der Waals surface area contributed by atoms with Crippen LogP contribution in [0.4, 0.5) is 11.4 Å². The molecule has 1 aromatic carbocycles. The summed E-state index contributed by atoms with van der Waals surface area (Å²) in [5.41, 5.74) is 0.246. The molecule has 1 fully saturated rings. The lowest BCUT2D eigenvalue weighted by Gasteiger charge is -2.26. The van der Waals surface area contributed by atoms with Crippen molar-refractivity contribution >= 4 is 23.2 Å². The van der Waals surface area contributed by atoms with Crippen LogP contribution in [-0.4, -0.2) is 61.0 Å². The van der Waals surface area contributed by atoms with Gasteiger partial charge < -0.3 is 15.4 Å². The highest BCUT2D eigenvalue weighted by molar-refractivity contribution is 5.93. The smallest absolute Gasteiger partial charge is 0.271 e. The Morgan fingerprint density at radius 3 is 2.65 bits per heavy atom. The quantitative estimate of drug-likeness (QED) is 0.386. The first-order valence-corrected chi connectivity index (χ1v) is 8.66. The summed E-state index contributed by atoms with van der Waals surface area (Å²) in [6.07, 6.45) is 0.960. The van der Waals surface area contributed by atoms with Crippen molar-refractivity contribution < 1.29 is 19.2 Å². The highest BCUT2D eigenvalue weighted by atomic mass is 16.6. The van der Waals surface area contributed by atoms with Crippen LogP contribution in [-0.2, 0) is 14.3 Å². The number of benzene rings is 1. The normalized spacial score (nSPS) is 14.6. The van der Waals surface area contributed by atoms with Crippen LogP contribution in [0.25, 0.3) is 0 Å². The van der Waals surface area contributed by atoms with E-state index in [0.717, 1.165) is 39.3 Å². The second-order valence-corrected chi connectivity index (χ2v) is 6.01. The molecule has 26 heavy (non-hydrogen) atoms. The van der Waals surface area contributed by atoms with Gasteiger partial charge in [0.15, 0.2) is 0 Å². The zero-order valence-electron chi connectivity index (χ0n) is 14.6. The molecule has 2 amide bonds. The molecule has 0 spiro atoms. The zero-order chi connectivity index (χ0) is 18.8. The molecule has 0 atom stereocenters. The van der Waals surface area contributed by atoms with Crippen LogP contribution in [0.3, 0.4) is 0 Å². The topological polar surface area (TPSA) is 114 Å². The van der Waals surface area contributed by atoms with Gasteiger partial charge in [0.1, 0.15) is 0 Å². The molecule has 0 radical (unpaired) electrons. The molecule has 0 saturated carbocycles. The molecule has 1 aliphatic rings. The van der Waals surface area contributed by atoms with Crippen LogP contribution in [0.15, 0.2) is 24.3 Å². The summed E-state index contributed by atoms with van der Waals surface area (Å²) in [5, 5.41) is 16.1. The van der Waals surface area contributed by atoms with Gasteiger partial charge in [-0.05, 0) is 19.0 Å². The van der Waals surface area contributed by atoms with Crippen molar-refractivity contribution in [3.8, 4) is 0 Å². The fourth-order valence-electron chi connectivity index (χ4n) is 2.59. The van der Waals surface area contributed by atoms with E-state index < -0.39 is 4.92 Å². The molecule has 9 heteroatoms. The number of nitro benzene ring substituents is 1. The maximum absolute atomic E-state index is 11.9. The third-order valence-electron chi connectivity index (χ3n) is 4.00. The number of nitrogens with one attached hydrogen (secondary N) is 2. The van der Waals surface area contributed by atoms with Crippen molar-refractivity contribution in [1.29, 1.82) is 0 Å². The van der Waals surface area contributed by atoms with Crippen molar-refractivity contribution in [2.24, 2.45) is 0 Å². The maximum atomic E-state index is 11.9. The predicted octanol–water partition coefficient (Wildman–Crippen LogP) is 1.15. The Hall–Kier alpha value is -2.52. The lowest BCUT2D eigenvalue weighted by Crippen LogP contribution is -2.38. The van der Waals surface area contributed by atoms with E-state index in [1.54, 1.807) is 6.07 Å². The van der Waals surface area contributed by atoms with Gasteiger partial charge in [0, 0.05) is 50.3 Å². The summed E-state index contributed by atoms with van der Waals surface area (Å²) in [4.78, 5) is 36.1. The Kier molecular flexibility index (Phi) is 7.97. The summed E-state index contributed by atoms with van der Waals surface area (Å²) < 4.78 is 5.28. The predicted molar refractivity (Wildman–Crippen MR) is 95.8 cm³/mol. The van der Waals surface area contributed by atoms with E-state index in [-0.39, 0.29) is 30.3 Å². The molecule has 2 rings (SSSR count). The van der Waals surface area contributed by atoms with Gasteiger partial charge in [-0.15, -0.1) is 0 Å². The standard InChI is InChI=1S/C17H24N4O5/c22-16(18-7-2-8-20-9-11-26-12-10-20)5-6-17(23)19-14-3-1-4-15(13-14)21(24)25/h1,3-4,13H,2,5-12H2,(H,18,22)(H,19,23). The number of carbonyl (C=O) groups is 2. The summed E-state index contributed by atoms with van der Waals surface area (Å²) in [6, 6.07) is 5.69. The molecule has 1 saturated heterocycles. The highest BCUT2D eigenvalue weighted by Gasteiger charge is 2.11. The first-order chi connectivity index (χ1) is 12.5. The van der Waals surface area contributed by atoms with Gasteiger partial charge in [-0.1, -0.05) is 6.07 Å².